The number of hydrogen-bond donors (Lipinski definition) is 2. The molecule has 5 nitrogen and oxygen atoms in total. The van der Waals surface area contributed by atoms with E-state index in [1.165, 1.54) is 0 Å². The van der Waals surface area contributed by atoms with E-state index in [0.29, 0.717) is 23.8 Å². The molecule has 3 N–H and O–H groups in total. The number of benzene rings is 1. The topological polar surface area (TPSA) is 81.2 Å². The number of para-hydroxylation sites is 1. The van der Waals surface area contributed by atoms with Crippen molar-refractivity contribution < 1.29 is 9.47 Å². The van der Waals surface area contributed by atoms with Crippen molar-refractivity contribution in [1.82, 2.24) is 4.98 Å². The third-order valence-corrected chi connectivity index (χ3v) is 2.60. The number of pyridine rings is 1. The van der Waals surface area contributed by atoms with Crippen LogP contribution in [0.25, 0.3) is 0 Å². The molecule has 0 spiro atoms. The molecule has 0 fully saturated rings. The highest BCUT2D eigenvalue weighted by molar-refractivity contribution is 5.97. The molecule has 0 saturated heterocycles. The molecular weight excluding hydrogens is 242 g/mol. The number of ether oxygens (including phenoxy) is 2. The van der Waals surface area contributed by atoms with E-state index in [2.05, 4.69) is 4.98 Å². The van der Waals surface area contributed by atoms with Crippen LogP contribution in [-0.2, 0) is 6.61 Å². The van der Waals surface area contributed by atoms with Gasteiger partial charge in [0.25, 0.3) is 0 Å². The Balaban J connectivity index is 2.17. The molecule has 0 bridgehead atoms. The lowest BCUT2D eigenvalue weighted by Gasteiger charge is -2.11. The Bertz CT molecular complexity index is 584. The highest BCUT2D eigenvalue weighted by atomic mass is 16.5. The fourth-order valence-corrected chi connectivity index (χ4v) is 1.69. The van der Waals surface area contributed by atoms with Crippen LogP contribution < -0.4 is 15.2 Å². The van der Waals surface area contributed by atoms with Gasteiger partial charge in [-0.2, -0.15) is 0 Å². The van der Waals surface area contributed by atoms with Gasteiger partial charge in [0.2, 0.25) is 5.88 Å². The lowest BCUT2D eigenvalue weighted by atomic mass is 10.2. The Morgan fingerprint density at radius 1 is 1.26 bits per heavy atom. The monoisotopic (exact) mass is 257 g/mol. The van der Waals surface area contributed by atoms with Crippen molar-refractivity contribution in [3.05, 3.63) is 53.7 Å². The van der Waals surface area contributed by atoms with Crippen LogP contribution in [0.5, 0.6) is 11.6 Å². The minimum Gasteiger partial charge on any atom is -0.488 e. The Labute approximate surface area is 111 Å². The van der Waals surface area contributed by atoms with E-state index in [-0.39, 0.29) is 5.84 Å². The van der Waals surface area contributed by atoms with Gasteiger partial charge in [-0.25, -0.2) is 4.98 Å². The lowest BCUT2D eigenvalue weighted by molar-refractivity contribution is 0.293. The summed E-state index contributed by atoms with van der Waals surface area (Å²) in [7, 11) is 1.56. The summed E-state index contributed by atoms with van der Waals surface area (Å²) < 4.78 is 10.8. The van der Waals surface area contributed by atoms with Crippen molar-refractivity contribution in [2.45, 2.75) is 6.61 Å². The van der Waals surface area contributed by atoms with E-state index in [9.17, 15) is 0 Å². The number of nitrogens with one attached hydrogen (secondary N) is 1. The molecule has 0 aliphatic carbocycles. The van der Waals surface area contributed by atoms with Gasteiger partial charge in [0.05, 0.1) is 18.2 Å². The third-order valence-electron chi connectivity index (χ3n) is 2.60. The van der Waals surface area contributed by atoms with Crippen LogP contribution in [0, 0.1) is 5.41 Å². The summed E-state index contributed by atoms with van der Waals surface area (Å²) in [6.07, 6.45) is 1.66. The number of nitrogens with two attached hydrogens (primary N) is 1. The first-order valence-electron chi connectivity index (χ1n) is 5.76. The SMILES string of the molecule is COc1ncccc1COc1ccccc1C(=N)N. The number of nitrogen functional groups attached to an aromatic ring is 1. The van der Waals surface area contributed by atoms with Gasteiger partial charge in [-0.1, -0.05) is 12.1 Å². The number of nitrogens with zero attached hydrogens (tertiary/aromatic N) is 1. The van der Waals surface area contributed by atoms with E-state index in [4.69, 9.17) is 20.6 Å². The molecule has 0 amide bonds. The zero-order valence-electron chi connectivity index (χ0n) is 10.6. The summed E-state index contributed by atoms with van der Waals surface area (Å²) in [5.41, 5.74) is 6.92. The van der Waals surface area contributed by atoms with Gasteiger partial charge in [0.1, 0.15) is 18.2 Å². The summed E-state index contributed by atoms with van der Waals surface area (Å²) in [4.78, 5) is 4.10. The molecule has 5 heteroatoms. The van der Waals surface area contributed by atoms with Gasteiger partial charge >= 0.3 is 0 Å². The Morgan fingerprint density at radius 3 is 2.79 bits per heavy atom. The minimum atomic E-state index is -0.0197. The summed E-state index contributed by atoms with van der Waals surface area (Å²) in [6.45, 7) is 0.307. The Hall–Kier alpha value is -2.56. The Morgan fingerprint density at radius 2 is 2.05 bits per heavy atom. The van der Waals surface area contributed by atoms with E-state index < -0.39 is 0 Å². The highest BCUT2D eigenvalue weighted by Crippen LogP contribution is 2.21. The first-order valence-corrected chi connectivity index (χ1v) is 5.76. The number of hydrogen-bond acceptors (Lipinski definition) is 4. The largest absolute Gasteiger partial charge is 0.488 e. The summed E-state index contributed by atoms with van der Waals surface area (Å²) >= 11 is 0. The number of rotatable bonds is 5. The van der Waals surface area contributed by atoms with Crippen LogP contribution in [0.3, 0.4) is 0 Å². The molecule has 0 unspecified atom stereocenters. The standard InChI is InChI=1S/C14H15N3O2/c1-18-14-10(5-4-8-17-14)9-19-12-7-3-2-6-11(12)13(15)16/h2-8H,9H2,1H3,(H3,15,16). The molecule has 0 saturated carbocycles. The van der Waals surface area contributed by atoms with Crippen LogP contribution in [0.15, 0.2) is 42.6 Å². The van der Waals surface area contributed by atoms with Crippen molar-refractivity contribution in [3.63, 3.8) is 0 Å². The maximum atomic E-state index is 7.50. The lowest BCUT2D eigenvalue weighted by Crippen LogP contribution is -2.13. The predicted molar refractivity (Wildman–Crippen MR) is 72.6 cm³/mol. The fraction of sp³-hybridized carbons (Fsp3) is 0.143. The van der Waals surface area contributed by atoms with Gasteiger partial charge in [-0.05, 0) is 24.3 Å². The van der Waals surface area contributed by atoms with Crippen molar-refractivity contribution in [3.8, 4) is 11.6 Å². The molecule has 0 aliphatic rings. The summed E-state index contributed by atoms with van der Waals surface area (Å²) in [5, 5.41) is 7.50. The molecule has 0 radical (unpaired) electrons. The number of amidine groups is 1. The van der Waals surface area contributed by atoms with Crippen LogP contribution in [0.2, 0.25) is 0 Å². The van der Waals surface area contributed by atoms with Gasteiger partial charge in [-0.3, -0.25) is 5.41 Å². The van der Waals surface area contributed by atoms with E-state index in [0.717, 1.165) is 5.56 Å². The molecule has 0 atom stereocenters. The van der Waals surface area contributed by atoms with Gasteiger partial charge < -0.3 is 15.2 Å². The van der Waals surface area contributed by atoms with Crippen LogP contribution >= 0.6 is 0 Å². The molecule has 98 valence electrons. The van der Waals surface area contributed by atoms with Crippen molar-refractivity contribution in [1.29, 1.82) is 5.41 Å². The average Bonchev–Trinajstić information content (AvgIpc) is 2.45. The second-order valence-electron chi connectivity index (χ2n) is 3.87. The smallest absolute Gasteiger partial charge is 0.219 e. The average molecular weight is 257 g/mol. The highest BCUT2D eigenvalue weighted by Gasteiger charge is 2.08. The van der Waals surface area contributed by atoms with Crippen LogP contribution in [0.1, 0.15) is 11.1 Å². The summed E-state index contributed by atoms with van der Waals surface area (Å²) in [6, 6.07) is 10.9. The van der Waals surface area contributed by atoms with Crippen LogP contribution in [-0.4, -0.2) is 17.9 Å². The minimum absolute atomic E-state index is 0.0197. The first-order chi connectivity index (χ1) is 9.22. The van der Waals surface area contributed by atoms with Crippen molar-refractivity contribution >= 4 is 5.84 Å². The maximum absolute atomic E-state index is 7.50. The van der Waals surface area contributed by atoms with Gasteiger partial charge in [-0.15, -0.1) is 0 Å². The molecule has 1 heterocycles. The number of methoxy groups -OCH3 is 1. The molecule has 1 aromatic heterocycles. The normalized spacial score (nSPS) is 9.95. The fourth-order valence-electron chi connectivity index (χ4n) is 1.69. The Kier molecular flexibility index (Phi) is 3.97. The predicted octanol–water partition coefficient (Wildman–Crippen LogP) is 1.95. The van der Waals surface area contributed by atoms with Gasteiger partial charge in [0.15, 0.2) is 0 Å². The summed E-state index contributed by atoms with van der Waals surface area (Å²) in [5.74, 6) is 1.08. The molecule has 0 aliphatic heterocycles. The molecule has 19 heavy (non-hydrogen) atoms. The van der Waals surface area contributed by atoms with Gasteiger partial charge in [0, 0.05) is 6.20 Å². The molecule has 1 aromatic carbocycles. The van der Waals surface area contributed by atoms with E-state index >= 15 is 0 Å². The first kappa shape index (κ1) is 12.9. The zero-order chi connectivity index (χ0) is 13.7. The molecule has 2 rings (SSSR count). The van der Waals surface area contributed by atoms with Crippen molar-refractivity contribution in [2.75, 3.05) is 7.11 Å². The molecule has 2 aromatic rings. The zero-order valence-corrected chi connectivity index (χ0v) is 10.6. The molecular formula is C14H15N3O2. The maximum Gasteiger partial charge on any atom is 0.219 e. The third kappa shape index (κ3) is 3.01. The van der Waals surface area contributed by atoms with Crippen molar-refractivity contribution in [2.24, 2.45) is 5.73 Å². The second-order valence-corrected chi connectivity index (χ2v) is 3.87. The quantitative estimate of drug-likeness (QED) is 0.633. The van der Waals surface area contributed by atoms with E-state index in [1.807, 2.05) is 24.3 Å². The van der Waals surface area contributed by atoms with E-state index in [1.54, 1.807) is 25.4 Å². The van der Waals surface area contributed by atoms with Crippen LogP contribution in [0.4, 0.5) is 0 Å². The second kappa shape index (κ2) is 5.86. The number of aromatic nitrogens is 1.